The molecule has 122 valence electrons. The molecule has 1 aliphatic carbocycles. The van der Waals surface area contributed by atoms with Crippen LogP contribution in [0.3, 0.4) is 0 Å². The predicted molar refractivity (Wildman–Crippen MR) is 85.2 cm³/mol. The van der Waals surface area contributed by atoms with Crippen LogP contribution in [0.5, 0.6) is 0 Å². The first-order valence-electron chi connectivity index (χ1n) is 8.96. The minimum absolute atomic E-state index is 0.136. The fourth-order valence-corrected chi connectivity index (χ4v) is 4.01. The summed E-state index contributed by atoms with van der Waals surface area (Å²) in [4.78, 5) is 14.9. The zero-order chi connectivity index (χ0) is 15.4. The summed E-state index contributed by atoms with van der Waals surface area (Å²) in [5.74, 6) is 1.94. The number of amides is 1. The van der Waals surface area contributed by atoms with Gasteiger partial charge in [-0.1, -0.05) is 19.8 Å². The summed E-state index contributed by atoms with van der Waals surface area (Å²) in [6.07, 6.45) is 12.0. The standard InChI is InChI=1S/C17H28N4O/c1-2-10-20-13-18-19-17(20)15-9-5-6-11-21(15)16(22)12-14-7-3-4-8-14/h13-15H,2-12H2,1H3/t15-/m0/s1. The van der Waals surface area contributed by atoms with Gasteiger partial charge in [-0.05, 0) is 44.4 Å². The Balaban J connectivity index is 1.72. The molecule has 22 heavy (non-hydrogen) atoms. The molecule has 1 amide bonds. The largest absolute Gasteiger partial charge is 0.332 e. The number of piperidine rings is 1. The number of carbonyl (C=O) groups is 1. The van der Waals surface area contributed by atoms with Gasteiger partial charge in [0.2, 0.25) is 5.91 Å². The molecule has 1 saturated heterocycles. The summed E-state index contributed by atoms with van der Waals surface area (Å²) < 4.78 is 2.13. The van der Waals surface area contributed by atoms with Crippen molar-refractivity contribution in [3.05, 3.63) is 12.2 Å². The third-order valence-corrected chi connectivity index (χ3v) is 5.17. The van der Waals surface area contributed by atoms with Crippen molar-refractivity contribution in [2.45, 2.75) is 77.3 Å². The summed E-state index contributed by atoms with van der Waals surface area (Å²) in [5, 5.41) is 8.43. The van der Waals surface area contributed by atoms with E-state index in [0.29, 0.717) is 11.8 Å². The highest BCUT2D eigenvalue weighted by Gasteiger charge is 2.32. The molecular formula is C17H28N4O. The molecule has 5 heteroatoms. The minimum atomic E-state index is 0.136. The van der Waals surface area contributed by atoms with Crippen molar-refractivity contribution in [2.24, 2.45) is 5.92 Å². The van der Waals surface area contributed by atoms with Crippen LogP contribution < -0.4 is 0 Å². The van der Waals surface area contributed by atoms with Crippen molar-refractivity contribution in [1.29, 1.82) is 0 Å². The Morgan fingerprint density at radius 3 is 2.77 bits per heavy atom. The van der Waals surface area contributed by atoms with E-state index in [1.807, 2.05) is 6.33 Å². The van der Waals surface area contributed by atoms with E-state index in [1.54, 1.807) is 0 Å². The molecule has 0 spiro atoms. The molecule has 1 aliphatic heterocycles. The van der Waals surface area contributed by atoms with E-state index in [9.17, 15) is 4.79 Å². The molecule has 0 radical (unpaired) electrons. The van der Waals surface area contributed by atoms with Crippen LogP contribution in [0.2, 0.25) is 0 Å². The van der Waals surface area contributed by atoms with Crippen molar-refractivity contribution in [2.75, 3.05) is 6.54 Å². The van der Waals surface area contributed by atoms with Crippen LogP contribution in [0.1, 0.15) is 76.6 Å². The number of nitrogens with zero attached hydrogens (tertiary/aromatic N) is 4. The maximum atomic E-state index is 12.8. The molecule has 1 aromatic heterocycles. The minimum Gasteiger partial charge on any atom is -0.332 e. The molecule has 3 rings (SSSR count). The molecule has 2 aliphatic rings. The molecule has 1 aromatic rings. The van der Waals surface area contributed by atoms with Crippen LogP contribution >= 0.6 is 0 Å². The lowest BCUT2D eigenvalue weighted by atomic mass is 9.98. The van der Waals surface area contributed by atoms with Crippen molar-refractivity contribution < 1.29 is 4.79 Å². The number of likely N-dealkylation sites (tertiary alicyclic amines) is 1. The second kappa shape index (κ2) is 7.25. The molecule has 5 nitrogen and oxygen atoms in total. The van der Waals surface area contributed by atoms with Crippen molar-refractivity contribution in [3.63, 3.8) is 0 Å². The van der Waals surface area contributed by atoms with Gasteiger partial charge in [-0.15, -0.1) is 10.2 Å². The van der Waals surface area contributed by atoms with Gasteiger partial charge in [0.25, 0.3) is 0 Å². The Hall–Kier alpha value is -1.39. The third-order valence-electron chi connectivity index (χ3n) is 5.17. The summed E-state index contributed by atoms with van der Waals surface area (Å²) in [6.45, 7) is 3.98. The Bertz CT molecular complexity index is 493. The maximum Gasteiger partial charge on any atom is 0.223 e. The van der Waals surface area contributed by atoms with Crippen molar-refractivity contribution >= 4 is 5.91 Å². The topological polar surface area (TPSA) is 51.0 Å². The van der Waals surface area contributed by atoms with Crippen molar-refractivity contribution in [3.8, 4) is 0 Å². The number of rotatable bonds is 5. The lowest BCUT2D eigenvalue weighted by molar-refractivity contribution is -0.136. The molecule has 1 atom stereocenters. The second-order valence-electron chi connectivity index (χ2n) is 6.84. The first-order valence-corrected chi connectivity index (χ1v) is 8.96. The highest BCUT2D eigenvalue weighted by molar-refractivity contribution is 5.77. The predicted octanol–water partition coefficient (Wildman–Crippen LogP) is 3.32. The van der Waals surface area contributed by atoms with Gasteiger partial charge in [0.05, 0.1) is 6.04 Å². The molecule has 0 N–H and O–H groups in total. The molecule has 0 bridgehead atoms. The lowest BCUT2D eigenvalue weighted by Crippen LogP contribution is -2.40. The Kier molecular flexibility index (Phi) is 5.11. The van der Waals surface area contributed by atoms with E-state index >= 15 is 0 Å². The fourth-order valence-electron chi connectivity index (χ4n) is 4.01. The summed E-state index contributed by atoms with van der Waals surface area (Å²) in [5.41, 5.74) is 0. The molecule has 1 saturated carbocycles. The van der Waals surface area contributed by atoms with Gasteiger partial charge >= 0.3 is 0 Å². The van der Waals surface area contributed by atoms with Crippen LogP contribution in [0.4, 0.5) is 0 Å². The van der Waals surface area contributed by atoms with E-state index in [0.717, 1.165) is 44.6 Å². The SMILES string of the molecule is CCCn1cnnc1[C@@H]1CCCCN1C(=O)CC1CCCC1. The average molecular weight is 304 g/mol. The Labute approximate surface area is 133 Å². The fraction of sp³-hybridized carbons (Fsp3) is 0.824. The molecule has 2 fully saturated rings. The van der Waals surface area contributed by atoms with E-state index in [-0.39, 0.29) is 6.04 Å². The van der Waals surface area contributed by atoms with Crippen LogP contribution in [-0.4, -0.2) is 32.1 Å². The van der Waals surface area contributed by atoms with Gasteiger partial charge in [0.1, 0.15) is 6.33 Å². The summed E-state index contributed by atoms with van der Waals surface area (Å²) in [6, 6.07) is 0.136. The van der Waals surface area contributed by atoms with Gasteiger partial charge in [-0.2, -0.15) is 0 Å². The smallest absolute Gasteiger partial charge is 0.223 e. The van der Waals surface area contributed by atoms with Crippen LogP contribution in [-0.2, 0) is 11.3 Å². The zero-order valence-corrected chi connectivity index (χ0v) is 13.7. The second-order valence-corrected chi connectivity index (χ2v) is 6.84. The molecule has 2 heterocycles. The average Bonchev–Trinajstić information content (AvgIpc) is 3.19. The maximum absolute atomic E-state index is 12.8. The molecule has 0 aromatic carbocycles. The van der Waals surface area contributed by atoms with Crippen LogP contribution in [0.25, 0.3) is 0 Å². The van der Waals surface area contributed by atoms with Crippen LogP contribution in [0, 0.1) is 5.92 Å². The number of hydrogen-bond acceptors (Lipinski definition) is 3. The van der Waals surface area contributed by atoms with Gasteiger partial charge in [-0.3, -0.25) is 4.79 Å². The van der Waals surface area contributed by atoms with Gasteiger partial charge in [-0.25, -0.2) is 0 Å². The zero-order valence-electron chi connectivity index (χ0n) is 13.7. The number of aryl methyl sites for hydroxylation is 1. The van der Waals surface area contributed by atoms with Crippen molar-refractivity contribution in [1.82, 2.24) is 19.7 Å². The van der Waals surface area contributed by atoms with Gasteiger partial charge < -0.3 is 9.47 Å². The van der Waals surface area contributed by atoms with Gasteiger partial charge in [0.15, 0.2) is 5.82 Å². The van der Waals surface area contributed by atoms with E-state index in [1.165, 1.54) is 32.1 Å². The number of hydrogen-bond donors (Lipinski definition) is 0. The normalized spacial score (nSPS) is 23.1. The van der Waals surface area contributed by atoms with E-state index in [2.05, 4.69) is 26.6 Å². The van der Waals surface area contributed by atoms with Crippen LogP contribution in [0.15, 0.2) is 6.33 Å². The highest BCUT2D eigenvalue weighted by Crippen LogP contribution is 2.33. The van der Waals surface area contributed by atoms with Gasteiger partial charge in [0, 0.05) is 19.5 Å². The Morgan fingerprint density at radius 1 is 1.23 bits per heavy atom. The number of aromatic nitrogens is 3. The third kappa shape index (κ3) is 3.33. The Morgan fingerprint density at radius 2 is 2.00 bits per heavy atom. The lowest BCUT2D eigenvalue weighted by Gasteiger charge is -2.35. The summed E-state index contributed by atoms with van der Waals surface area (Å²) in [7, 11) is 0. The van der Waals surface area contributed by atoms with E-state index < -0.39 is 0 Å². The highest BCUT2D eigenvalue weighted by atomic mass is 16.2. The monoisotopic (exact) mass is 304 g/mol. The quantitative estimate of drug-likeness (QED) is 0.838. The molecular weight excluding hydrogens is 276 g/mol. The number of carbonyl (C=O) groups excluding carboxylic acids is 1. The summed E-state index contributed by atoms with van der Waals surface area (Å²) >= 11 is 0. The molecule has 0 unspecified atom stereocenters. The first kappa shape index (κ1) is 15.5. The van der Waals surface area contributed by atoms with E-state index in [4.69, 9.17) is 0 Å². The first-order chi connectivity index (χ1) is 10.8.